The number of aliphatic hydroxyl groups excluding tert-OH is 1. The highest BCUT2D eigenvalue weighted by atomic mass is 16.3. The summed E-state index contributed by atoms with van der Waals surface area (Å²) in [5, 5.41) is 17.4. The number of aromatic nitrogens is 3. The van der Waals surface area contributed by atoms with Gasteiger partial charge in [-0.15, -0.1) is 10.2 Å². The molecule has 17 heavy (non-hydrogen) atoms. The summed E-state index contributed by atoms with van der Waals surface area (Å²) in [7, 11) is 0. The largest absolute Gasteiger partial charge is 0.388 e. The van der Waals surface area contributed by atoms with E-state index >= 15 is 0 Å². The third-order valence-corrected chi connectivity index (χ3v) is 2.91. The van der Waals surface area contributed by atoms with Gasteiger partial charge in [-0.25, -0.2) is 0 Å². The van der Waals surface area contributed by atoms with Gasteiger partial charge in [0.05, 0.1) is 0 Å². The average molecular weight is 231 g/mol. The van der Waals surface area contributed by atoms with Crippen LogP contribution in [-0.2, 0) is 13.2 Å². The lowest BCUT2D eigenvalue weighted by molar-refractivity contribution is 0.265. The molecule has 0 aliphatic carbocycles. The Bertz CT molecular complexity index is 531. The van der Waals surface area contributed by atoms with Gasteiger partial charge < -0.3 is 9.67 Å². The second-order valence-corrected chi connectivity index (χ2v) is 4.16. The van der Waals surface area contributed by atoms with E-state index in [0.717, 1.165) is 17.9 Å². The summed E-state index contributed by atoms with van der Waals surface area (Å²) in [5.74, 6) is 1.44. The highest BCUT2D eigenvalue weighted by Crippen LogP contribution is 2.23. The summed E-state index contributed by atoms with van der Waals surface area (Å²) in [6.07, 6.45) is 0. The zero-order chi connectivity index (χ0) is 12.4. The molecule has 2 rings (SSSR count). The highest BCUT2D eigenvalue weighted by Gasteiger charge is 2.13. The number of hydrogen-bond donors (Lipinski definition) is 1. The van der Waals surface area contributed by atoms with E-state index in [4.69, 9.17) is 0 Å². The molecular weight excluding hydrogens is 214 g/mol. The number of benzene rings is 1. The van der Waals surface area contributed by atoms with E-state index in [2.05, 4.69) is 42.2 Å². The molecule has 0 aliphatic heterocycles. The van der Waals surface area contributed by atoms with Crippen molar-refractivity contribution in [3.05, 3.63) is 35.2 Å². The minimum absolute atomic E-state index is 0.0776. The smallest absolute Gasteiger partial charge is 0.164 e. The van der Waals surface area contributed by atoms with Crippen LogP contribution in [0.4, 0.5) is 0 Å². The Morgan fingerprint density at radius 2 is 2.00 bits per heavy atom. The van der Waals surface area contributed by atoms with Gasteiger partial charge in [0.15, 0.2) is 11.6 Å². The van der Waals surface area contributed by atoms with Crippen LogP contribution in [0.1, 0.15) is 23.9 Å². The number of rotatable bonds is 3. The Hall–Kier alpha value is -1.68. The van der Waals surface area contributed by atoms with Crippen LogP contribution in [0.25, 0.3) is 11.4 Å². The van der Waals surface area contributed by atoms with Crippen LogP contribution < -0.4 is 0 Å². The molecule has 0 atom stereocenters. The number of nitrogens with zero attached hydrogens (tertiary/aromatic N) is 3. The van der Waals surface area contributed by atoms with Crippen molar-refractivity contribution in [2.45, 2.75) is 33.9 Å². The van der Waals surface area contributed by atoms with Crippen molar-refractivity contribution in [2.24, 2.45) is 0 Å². The van der Waals surface area contributed by atoms with Gasteiger partial charge in [-0.05, 0) is 26.3 Å². The molecule has 1 aromatic carbocycles. The normalized spacial score (nSPS) is 10.8. The monoisotopic (exact) mass is 231 g/mol. The summed E-state index contributed by atoms with van der Waals surface area (Å²) in [4.78, 5) is 0. The Labute approximate surface area is 101 Å². The third-order valence-electron chi connectivity index (χ3n) is 2.91. The van der Waals surface area contributed by atoms with Crippen molar-refractivity contribution >= 4 is 0 Å². The fraction of sp³-hybridized carbons (Fsp3) is 0.385. The maximum absolute atomic E-state index is 9.20. The molecule has 4 heteroatoms. The van der Waals surface area contributed by atoms with E-state index in [9.17, 15) is 5.11 Å². The molecule has 1 aromatic heterocycles. The van der Waals surface area contributed by atoms with E-state index in [0.29, 0.717) is 5.82 Å². The van der Waals surface area contributed by atoms with Gasteiger partial charge in [0, 0.05) is 12.1 Å². The molecule has 0 amide bonds. The van der Waals surface area contributed by atoms with Crippen LogP contribution >= 0.6 is 0 Å². The van der Waals surface area contributed by atoms with Gasteiger partial charge in [0.25, 0.3) is 0 Å². The van der Waals surface area contributed by atoms with Crippen LogP contribution in [0.3, 0.4) is 0 Å². The minimum atomic E-state index is -0.0776. The first-order valence-corrected chi connectivity index (χ1v) is 5.78. The summed E-state index contributed by atoms with van der Waals surface area (Å²) in [6.45, 7) is 6.84. The molecule has 0 aliphatic rings. The Morgan fingerprint density at radius 3 is 2.59 bits per heavy atom. The third kappa shape index (κ3) is 2.08. The van der Waals surface area contributed by atoms with Gasteiger partial charge in [-0.3, -0.25) is 0 Å². The Kier molecular flexibility index (Phi) is 3.24. The molecule has 0 bridgehead atoms. The lowest BCUT2D eigenvalue weighted by Crippen LogP contribution is -2.04. The fourth-order valence-electron chi connectivity index (χ4n) is 2.05. The maximum Gasteiger partial charge on any atom is 0.164 e. The van der Waals surface area contributed by atoms with Crippen LogP contribution in [0.2, 0.25) is 0 Å². The summed E-state index contributed by atoms with van der Waals surface area (Å²) >= 11 is 0. The molecule has 0 fully saturated rings. The molecule has 0 unspecified atom stereocenters. The first-order chi connectivity index (χ1) is 8.17. The van der Waals surface area contributed by atoms with Gasteiger partial charge >= 0.3 is 0 Å². The van der Waals surface area contributed by atoms with Gasteiger partial charge in [-0.1, -0.05) is 23.8 Å². The SMILES string of the molecule is CCn1c(CO)nnc1-c1ccc(C)cc1C. The molecule has 1 heterocycles. The second kappa shape index (κ2) is 4.67. The van der Waals surface area contributed by atoms with Gasteiger partial charge in [-0.2, -0.15) is 0 Å². The van der Waals surface area contributed by atoms with Crippen molar-refractivity contribution in [1.29, 1.82) is 0 Å². The lowest BCUT2D eigenvalue weighted by atomic mass is 10.1. The predicted molar refractivity (Wildman–Crippen MR) is 66.5 cm³/mol. The molecule has 0 radical (unpaired) electrons. The maximum atomic E-state index is 9.20. The van der Waals surface area contributed by atoms with E-state index in [-0.39, 0.29) is 6.61 Å². The Balaban J connectivity index is 2.56. The van der Waals surface area contributed by atoms with E-state index in [1.807, 2.05) is 11.5 Å². The number of hydrogen-bond acceptors (Lipinski definition) is 3. The van der Waals surface area contributed by atoms with Crippen molar-refractivity contribution in [2.75, 3.05) is 0 Å². The molecule has 4 nitrogen and oxygen atoms in total. The number of aryl methyl sites for hydroxylation is 2. The topological polar surface area (TPSA) is 50.9 Å². The zero-order valence-corrected chi connectivity index (χ0v) is 10.4. The first-order valence-electron chi connectivity index (χ1n) is 5.78. The quantitative estimate of drug-likeness (QED) is 0.879. The fourth-order valence-corrected chi connectivity index (χ4v) is 2.05. The lowest BCUT2D eigenvalue weighted by Gasteiger charge is -2.09. The van der Waals surface area contributed by atoms with Gasteiger partial charge in [0.1, 0.15) is 6.61 Å². The summed E-state index contributed by atoms with van der Waals surface area (Å²) in [5.41, 5.74) is 3.48. The van der Waals surface area contributed by atoms with Crippen LogP contribution in [0.5, 0.6) is 0 Å². The first kappa shape index (κ1) is 11.8. The van der Waals surface area contributed by atoms with Gasteiger partial charge in [0.2, 0.25) is 0 Å². The molecule has 0 saturated heterocycles. The van der Waals surface area contributed by atoms with Crippen LogP contribution in [0.15, 0.2) is 18.2 Å². The summed E-state index contributed by atoms with van der Waals surface area (Å²) < 4.78 is 1.94. The molecule has 2 aromatic rings. The van der Waals surface area contributed by atoms with Crippen molar-refractivity contribution < 1.29 is 5.11 Å². The molecule has 90 valence electrons. The zero-order valence-electron chi connectivity index (χ0n) is 10.4. The minimum Gasteiger partial charge on any atom is -0.388 e. The highest BCUT2D eigenvalue weighted by molar-refractivity contribution is 5.61. The van der Waals surface area contributed by atoms with Crippen molar-refractivity contribution in [3.8, 4) is 11.4 Å². The Morgan fingerprint density at radius 1 is 1.24 bits per heavy atom. The van der Waals surface area contributed by atoms with Crippen molar-refractivity contribution in [1.82, 2.24) is 14.8 Å². The van der Waals surface area contributed by atoms with E-state index in [1.54, 1.807) is 0 Å². The standard InChI is InChI=1S/C13H17N3O/c1-4-16-12(8-17)14-15-13(16)11-6-5-9(2)7-10(11)3/h5-7,17H,4,8H2,1-3H3. The molecular formula is C13H17N3O. The predicted octanol–water partition coefficient (Wildman–Crippen LogP) is 2.07. The molecule has 0 spiro atoms. The molecule has 1 N–H and O–H groups in total. The molecule has 0 saturated carbocycles. The van der Waals surface area contributed by atoms with Crippen molar-refractivity contribution in [3.63, 3.8) is 0 Å². The average Bonchev–Trinajstić information content (AvgIpc) is 2.71. The van der Waals surface area contributed by atoms with Crippen LogP contribution in [0, 0.1) is 13.8 Å². The summed E-state index contributed by atoms with van der Waals surface area (Å²) in [6, 6.07) is 6.25. The second-order valence-electron chi connectivity index (χ2n) is 4.16. The van der Waals surface area contributed by atoms with Crippen LogP contribution in [-0.4, -0.2) is 19.9 Å². The number of aliphatic hydroxyl groups is 1. The van der Waals surface area contributed by atoms with E-state index in [1.165, 1.54) is 11.1 Å². The van der Waals surface area contributed by atoms with E-state index < -0.39 is 0 Å².